The van der Waals surface area contributed by atoms with E-state index in [1.807, 2.05) is 0 Å². The van der Waals surface area contributed by atoms with E-state index < -0.39 is 11.7 Å². The Morgan fingerprint density at radius 1 is 1.25 bits per heavy atom. The Labute approximate surface area is 139 Å². The normalized spacial score (nSPS) is 16.1. The minimum absolute atomic E-state index is 0.0688. The number of hydrogen-bond acceptors (Lipinski definition) is 4. The molecule has 0 unspecified atom stereocenters. The topological polar surface area (TPSA) is 53.6 Å². The molecule has 1 aromatic carbocycles. The van der Waals surface area contributed by atoms with Crippen molar-refractivity contribution in [1.82, 2.24) is 10.2 Å². The van der Waals surface area contributed by atoms with Crippen molar-refractivity contribution in [2.45, 2.75) is 12.6 Å². The van der Waals surface area contributed by atoms with Crippen molar-refractivity contribution in [2.24, 2.45) is 0 Å². The summed E-state index contributed by atoms with van der Waals surface area (Å²) < 4.78 is 43.1. The van der Waals surface area contributed by atoms with Crippen LogP contribution in [0, 0.1) is 0 Å². The van der Waals surface area contributed by atoms with Gasteiger partial charge < -0.3 is 15.4 Å². The van der Waals surface area contributed by atoms with Crippen LogP contribution in [0.25, 0.3) is 0 Å². The van der Waals surface area contributed by atoms with E-state index in [4.69, 9.17) is 4.74 Å². The molecule has 0 bridgehead atoms. The van der Waals surface area contributed by atoms with E-state index in [2.05, 4.69) is 15.5 Å². The Balaban J connectivity index is 1.64. The average molecular weight is 345 g/mol. The monoisotopic (exact) mass is 345 g/mol. The maximum Gasteiger partial charge on any atom is 0.416 e. The molecule has 0 radical (unpaired) electrons. The van der Waals surface area contributed by atoms with Crippen molar-refractivity contribution in [1.29, 1.82) is 0 Å². The predicted octanol–water partition coefficient (Wildman–Crippen LogP) is 1.96. The average Bonchev–Trinajstić information content (AvgIpc) is 2.55. The van der Waals surface area contributed by atoms with Gasteiger partial charge in [-0.25, -0.2) is 0 Å². The molecule has 0 atom stereocenters. The fraction of sp³-hybridized carbons (Fsp3) is 0.562. The molecule has 2 N–H and O–H groups in total. The van der Waals surface area contributed by atoms with Crippen LogP contribution in [0.15, 0.2) is 24.3 Å². The van der Waals surface area contributed by atoms with E-state index in [1.54, 1.807) is 0 Å². The van der Waals surface area contributed by atoms with E-state index in [-0.39, 0.29) is 18.1 Å². The number of carbonyl (C=O) groups is 1. The first kappa shape index (κ1) is 18.7. The number of halogens is 3. The number of nitrogens with one attached hydrogen (secondary N) is 2. The molecule has 1 saturated heterocycles. The third-order valence-electron chi connectivity index (χ3n) is 3.69. The van der Waals surface area contributed by atoms with Gasteiger partial charge in [0.1, 0.15) is 0 Å². The van der Waals surface area contributed by atoms with Crippen LogP contribution in [0.5, 0.6) is 0 Å². The van der Waals surface area contributed by atoms with Gasteiger partial charge in [0.25, 0.3) is 0 Å². The summed E-state index contributed by atoms with van der Waals surface area (Å²) in [6.07, 6.45) is -3.52. The second-order valence-corrected chi connectivity index (χ2v) is 5.61. The van der Waals surface area contributed by atoms with Gasteiger partial charge in [-0.05, 0) is 37.7 Å². The minimum atomic E-state index is -4.42. The van der Waals surface area contributed by atoms with Crippen LogP contribution >= 0.6 is 0 Å². The Morgan fingerprint density at radius 2 is 2.00 bits per heavy atom. The zero-order valence-electron chi connectivity index (χ0n) is 13.4. The highest BCUT2D eigenvalue weighted by atomic mass is 19.4. The number of nitrogens with zero attached hydrogens (tertiary/aromatic N) is 1. The van der Waals surface area contributed by atoms with Gasteiger partial charge in [0.15, 0.2) is 0 Å². The third kappa shape index (κ3) is 6.46. The number of alkyl halides is 3. The first-order valence-electron chi connectivity index (χ1n) is 7.93. The molecule has 1 aromatic rings. The van der Waals surface area contributed by atoms with Gasteiger partial charge in [-0.15, -0.1) is 0 Å². The van der Waals surface area contributed by atoms with Crippen molar-refractivity contribution in [3.8, 4) is 0 Å². The fourth-order valence-electron chi connectivity index (χ4n) is 2.43. The van der Waals surface area contributed by atoms with Crippen molar-refractivity contribution >= 4 is 11.6 Å². The first-order chi connectivity index (χ1) is 11.4. The van der Waals surface area contributed by atoms with E-state index in [0.29, 0.717) is 6.54 Å². The lowest BCUT2D eigenvalue weighted by molar-refractivity contribution is -0.137. The molecule has 24 heavy (non-hydrogen) atoms. The predicted molar refractivity (Wildman–Crippen MR) is 84.8 cm³/mol. The SMILES string of the molecule is O=C(CNCCCN1CCOCC1)Nc1cccc(C(F)(F)F)c1. The number of rotatable bonds is 7. The van der Waals surface area contributed by atoms with Gasteiger partial charge in [0.05, 0.1) is 25.3 Å². The van der Waals surface area contributed by atoms with Crippen LogP contribution < -0.4 is 10.6 Å². The molecular formula is C16H22F3N3O2. The summed E-state index contributed by atoms with van der Waals surface area (Å²) in [6.45, 7) is 5.05. The zero-order chi connectivity index (χ0) is 17.4. The number of carbonyl (C=O) groups excluding carboxylic acids is 1. The molecular weight excluding hydrogens is 323 g/mol. The number of morpholine rings is 1. The second-order valence-electron chi connectivity index (χ2n) is 5.61. The number of anilines is 1. The van der Waals surface area contributed by atoms with Crippen molar-refractivity contribution in [2.75, 3.05) is 51.3 Å². The quantitative estimate of drug-likeness (QED) is 0.742. The van der Waals surface area contributed by atoms with Crippen LogP contribution in [0.3, 0.4) is 0 Å². The number of hydrogen-bond donors (Lipinski definition) is 2. The lowest BCUT2D eigenvalue weighted by atomic mass is 10.2. The summed E-state index contributed by atoms with van der Waals surface area (Å²) in [7, 11) is 0. The van der Waals surface area contributed by atoms with Gasteiger partial charge in [0.2, 0.25) is 5.91 Å². The summed E-state index contributed by atoms with van der Waals surface area (Å²) >= 11 is 0. The summed E-state index contributed by atoms with van der Waals surface area (Å²) in [4.78, 5) is 14.1. The van der Waals surface area contributed by atoms with Crippen LogP contribution in [0.4, 0.5) is 18.9 Å². The van der Waals surface area contributed by atoms with E-state index >= 15 is 0 Å². The molecule has 2 rings (SSSR count). The highest BCUT2D eigenvalue weighted by molar-refractivity contribution is 5.92. The second kappa shape index (κ2) is 9.00. The molecule has 8 heteroatoms. The highest BCUT2D eigenvalue weighted by Crippen LogP contribution is 2.30. The number of ether oxygens (including phenoxy) is 1. The smallest absolute Gasteiger partial charge is 0.379 e. The molecule has 5 nitrogen and oxygen atoms in total. The summed E-state index contributed by atoms with van der Waals surface area (Å²) in [6, 6.07) is 4.61. The first-order valence-corrected chi connectivity index (χ1v) is 7.93. The zero-order valence-corrected chi connectivity index (χ0v) is 13.4. The van der Waals surface area contributed by atoms with Gasteiger partial charge >= 0.3 is 6.18 Å². The molecule has 0 aromatic heterocycles. The molecule has 1 fully saturated rings. The molecule has 0 spiro atoms. The fourth-order valence-corrected chi connectivity index (χ4v) is 2.43. The van der Waals surface area contributed by atoms with Crippen LogP contribution in [0.2, 0.25) is 0 Å². The Morgan fingerprint density at radius 3 is 2.71 bits per heavy atom. The standard InChI is InChI=1S/C16H22F3N3O2/c17-16(18,19)13-3-1-4-14(11-13)21-15(23)12-20-5-2-6-22-7-9-24-10-8-22/h1,3-4,11,20H,2,5-10,12H2,(H,21,23). The van der Waals surface area contributed by atoms with Crippen LogP contribution in [-0.4, -0.2) is 56.7 Å². The molecule has 0 aliphatic carbocycles. The summed E-state index contributed by atoms with van der Waals surface area (Å²) in [5.74, 6) is -0.360. The van der Waals surface area contributed by atoms with Crippen molar-refractivity contribution < 1.29 is 22.7 Å². The molecule has 1 aliphatic rings. The largest absolute Gasteiger partial charge is 0.416 e. The van der Waals surface area contributed by atoms with Crippen LogP contribution in [0.1, 0.15) is 12.0 Å². The third-order valence-corrected chi connectivity index (χ3v) is 3.69. The lowest BCUT2D eigenvalue weighted by Gasteiger charge is -2.26. The minimum Gasteiger partial charge on any atom is -0.379 e. The van der Waals surface area contributed by atoms with E-state index in [9.17, 15) is 18.0 Å². The molecule has 134 valence electrons. The summed E-state index contributed by atoms with van der Waals surface area (Å²) in [5.41, 5.74) is -0.635. The lowest BCUT2D eigenvalue weighted by Crippen LogP contribution is -2.38. The Bertz CT molecular complexity index is 532. The number of benzene rings is 1. The van der Waals surface area contributed by atoms with Gasteiger partial charge in [-0.1, -0.05) is 6.07 Å². The Hall–Kier alpha value is -1.64. The molecule has 1 aliphatic heterocycles. The van der Waals surface area contributed by atoms with Gasteiger partial charge in [-0.2, -0.15) is 13.2 Å². The van der Waals surface area contributed by atoms with E-state index in [1.165, 1.54) is 12.1 Å². The van der Waals surface area contributed by atoms with Crippen molar-refractivity contribution in [3.05, 3.63) is 29.8 Å². The maximum absolute atomic E-state index is 12.6. The highest BCUT2D eigenvalue weighted by Gasteiger charge is 2.30. The molecule has 1 heterocycles. The number of amides is 1. The van der Waals surface area contributed by atoms with Crippen LogP contribution in [-0.2, 0) is 15.7 Å². The van der Waals surface area contributed by atoms with Gasteiger partial charge in [-0.3, -0.25) is 9.69 Å². The molecule has 1 amide bonds. The van der Waals surface area contributed by atoms with E-state index in [0.717, 1.165) is 51.4 Å². The van der Waals surface area contributed by atoms with Crippen molar-refractivity contribution in [3.63, 3.8) is 0 Å². The van der Waals surface area contributed by atoms with Gasteiger partial charge in [0, 0.05) is 18.8 Å². The molecule has 0 saturated carbocycles. The Kier molecular flexibility index (Phi) is 7.01. The summed E-state index contributed by atoms with van der Waals surface area (Å²) in [5, 5.41) is 5.46. The maximum atomic E-state index is 12.6.